The molecule has 2 aromatic heterocycles. The molecule has 4 aromatic rings. The van der Waals surface area contributed by atoms with Gasteiger partial charge in [0.2, 0.25) is 0 Å². The van der Waals surface area contributed by atoms with Gasteiger partial charge in [-0.2, -0.15) is 12.6 Å². The van der Waals surface area contributed by atoms with E-state index >= 15 is 0 Å². The Morgan fingerprint density at radius 3 is 1.90 bits per heavy atom. The molecule has 24 heteroatoms. The maximum absolute atomic E-state index is 12.5. The summed E-state index contributed by atoms with van der Waals surface area (Å²) in [6, 6.07) is 20.8. The molecule has 0 radical (unpaired) electrons. The molecule has 0 bridgehead atoms. The van der Waals surface area contributed by atoms with Gasteiger partial charge in [0.25, 0.3) is 11.8 Å². The summed E-state index contributed by atoms with van der Waals surface area (Å²) >= 11 is 3.79. The lowest BCUT2D eigenvalue weighted by Crippen LogP contribution is -2.32. The molecule has 84 heavy (non-hydrogen) atoms. The van der Waals surface area contributed by atoms with Gasteiger partial charge < -0.3 is 67.2 Å². The predicted molar refractivity (Wildman–Crippen MR) is 316 cm³/mol. The summed E-state index contributed by atoms with van der Waals surface area (Å²) in [5.74, 6) is 0.793. The number of carbonyl (C=O) groups excluding carboxylic acids is 4. The highest BCUT2D eigenvalue weighted by atomic mass is 32.1. The zero-order chi connectivity index (χ0) is 59.7. The molecule has 1 saturated heterocycles. The number of ether oxygens (including phenoxy) is 11. The molecule has 1 N–H and O–H groups in total. The number of aryl methyl sites for hydroxylation is 2. The highest BCUT2D eigenvalue weighted by Crippen LogP contribution is 2.29. The zero-order valence-electron chi connectivity index (χ0n) is 49.4. The van der Waals surface area contributed by atoms with Gasteiger partial charge in [-0.25, -0.2) is 14.5 Å². The molecule has 2 amide bonds. The van der Waals surface area contributed by atoms with Crippen molar-refractivity contribution in [2.45, 2.75) is 83.8 Å². The van der Waals surface area contributed by atoms with Crippen molar-refractivity contribution in [1.29, 1.82) is 0 Å². The molecule has 2 aliphatic rings. The first kappa shape index (κ1) is 69.1. The second-order valence-electron chi connectivity index (χ2n) is 19.6. The van der Waals surface area contributed by atoms with E-state index in [1.54, 1.807) is 4.68 Å². The molecule has 1 atom stereocenters. The lowest BCUT2D eigenvalue weighted by atomic mass is 9.92. The molecule has 0 spiro atoms. The fourth-order valence-electron chi connectivity index (χ4n) is 8.62. The van der Waals surface area contributed by atoms with Crippen molar-refractivity contribution in [3.63, 3.8) is 0 Å². The molecule has 4 heterocycles. The fourth-order valence-corrected chi connectivity index (χ4v) is 8.62. The fraction of sp³-hybridized carbons (Fsp3) is 0.617. The lowest BCUT2D eigenvalue weighted by molar-refractivity contribution is -0.198. The van der Waals surface area contributed by atoms with Gasteiger partial charge in [0.15, 0.2) is 0 Å². The number of nitrogens with zero attached hydrogens (tertiary/aromatic N) is 6. The summed E-state index contributed by atoms with van der Waals surface area (Å²) in [5.41, 5.74) is 6.41. The van der Waals surface area contributed by atoms with Gasteiger partial charge >= 0.3 is 11.9 Å². The van der Waals surface area contributed by atoms with Gasteiger partial charge in [0.05, 0.1) is 152 Å². The Hall–Kier alpha value is -5.64. The molecule has 6 rings (SSSR count). The Morgan fingerprint density at radius 2 is 1.27 bits per heavy atom. The summed E-state index contributed by atoms with van der Waals surface area (Å²) in [5, 5.41) is 12.2. The van der Waals surface area contributed by atoms with E-state index in [1.807, 2.05) is 37.4 Å². The summed E-state index contributed by atoms with van der Waals surface area (Å²) in [6.45, 7) is 12.6. The average molecular weight is 1200 g/mol. The number of hydroxylamine groups is 2. The third-order valence-corrected chi connectivity index (χ3v) is 12.9. The molecule has 2 aliphatic heterocycles. The van der Waals surface area contributed by atoms with E-state index < -0.39 is 17.8 Å². The summed E-state index contributed by atoms with van der Waals surface area (Å²) in [7, 11) is 3.57. The number of carbonyl (C=O) groups is 4. The van der Waals surface area contributed by atoms with Crippen molar-refractivity contribution in [2.24, 2.45) is 0 Å². The topological polar surface area (TPSA) is 241 Å². The molecule has 0 aliphatic carbocycles. The predicted octanol–water partition coefficient (Wildman–Crippen LogP) is 5.96. The van der Waals surface area contributed by atoms with Crippen molar-refractivity contribution in [2.75, 3.05) is 164 Å². The van der Waals surface area contributed by atoms with Crippen LogP contribution in [0.4, 0.5) is 5.82 Å². The van der Waals surface area contributed by atoms with E-state index in [1.165, 1.54) is 12.7 Å². The van der Waals surface area contributed by atoms with Crippen LogP contribution in [0.1, 0.15) is 80.3 Å². The summed E-state index contributed by atoms with van der Waals surface area (Å²) in [6.07, 6.45) is 7.45. The Labute approximate surface area is 500 Å². The van der Waals surface area contributed by atoms with Crippen molar-refractivity contribution in [3.8, 4) is 16.9 Å². The van der Waals surface area contributed by atoms with Crippen LogP contribution < -0.4 is 10.1 Å². The van der Waals surface area contributed by atoms with Crippen molar-refractivity contribution >= 4 is 42.2 Å². The standard InChI is InChI=1S/C58H83N7O16.C2H6S/c1-63(21-4-3-10-51-14-11-47-9-6-20-59-58(47)60-51)43-50(42-57(69)70-2)49-8-5-7-48(41-49)46-12-15-53(16-13-46)80-40-39-78-36-35-76-32-30-74-28-26-72-24-22-64-44-52(61-62-64)45-79-38-37-77-34-33-75-31-29-73-27-25-71-23-19-56(68)81-65-54(66)17-18-55(65)67;1-2-3/h5,7-8,11-16,41,44,50H,3-4,6,9-10,17-40,42-43,45H2,1-2H3,(H,59,60);3H,2H2,1H3. The van der Waals surface area contributed by atoms with Crippen LogP contribution in [0.15, 0.2) is 66.9 Å². The number of likely N-dealkylation sites (N-methyl/N-ethyl adjacent to an activating group) is 1. The normalized spacial score (nSPS) is 13.4. The van der Waals surface area contributed by atoms with E-state index in [0.717, 1.165) is 91.4 Å². The number of amides is 2. The number of unbranched alkanes of at least 4 members (excludes halogenated alkanes) is 1. The molecular weight excluding hydrogens is 1110 g/mol. The van der Waals surface area contributed by atoms with Crippen LogP contribution in [0.2, 0.25) is 0 Å². The van der Waals surface area contributed by atoms with Gasteiger partial charge in [0.1, 0.15) is 23.9 Å². The van der Waals surface area contributed by atoms with Gasteiger partial charge in [-0.3, -0.25) is 14.4 Å². The van der Waals surface area contributed by atoms with Crippen molar-refractivity contribution in [1.82, 2.24) is 29.9 Å². The summed E-state index contributed by atoms with van der Waals surface area (Å²) in [4.78, 5) is 59.2. The van der Waals surface area contributed by atoms with Crippen LogP contribution in [-0.2, 0) is 97.4 Å². The van der Waals surface area contributed by atoms with E-state index in [9.17, 15) is 19.2 Å². The van der Waals surface area contributed by atoms with E-state index in [0.29, 0.717) is 136 Å². The SMILES string of the molecule is CCS.COC(=O)CC(CN(C)CCCCc1ccc2c(n1)NCCC2)c1cccc(-c2ccc(OCCOCCOCCOCCOCCn3cc(COCCOCCOCCOCCOCCC(=O)ON4C(=O)CCC4=O)nn3)cc2)c1. The molecule has 0 saturated carbocycles. The molecular formula is C60H89N7O16S. The monoisotopic (exact) mass is 1200 g/mol. The van der Waals surface area contributed by atoms with Crippen LogP contribution in [0.3, 0.4) is 0 Å². The quantitative estimate of drug-likeness (QED) is 0.0224. The third-order valence-electron chi connectivity index (χ3n) is 12.9. The number of pyridine rings is 1. The number of rotatable bonds is 45. The number of thiol groups is 1. The van der Waals surface area contributed by atoms with Crippen LogP contribution in [0.5, 0.6) is 5.75 Å². The van der Waals surface area contributed by atoms with Crippen LogP contribution >= 0.6 is 12.6 Å². The number of hydrogen-bond acceptors (Lipinski definition) is 22. The van der Waals surface area contributed by atoms with E-state index in [4.69, 9.17) is 61.9 Å². The number of imide groups is 1. The first-order valence-electron chi connectivity index (χ1n) is 29.2. The third kappa shape index (κ3) is 29.0. The Morgan fingerprint density at radius 1 is 0.679 bits per heavy atom. The number of esters is 1. The van der Waals surface area contributed by atoms with Crippen molar-refractivity contribution in [3.05, 3.63) is 89.4 Å². The minimum atomic E-state index is -0.707. The van der Waals surface area contributed by atoms with Crippen LogP contribution in [0, 0.1) is 0 Å². The van der Waals surface area contributed by atoms with Crippen LogP contribution in [0.25, 0.3) is 11.1 Å². The minimum absolute atomic E-state index is 0.00741. The Balaban J connectivity index is 0.00000421. The Bertz CT molecular complexity index is 2440. The molecule has 466 valence electrons. The highest BCUT2D eigenvalue weighted by Gasteiger charge is 2.32. The van der Waals surface area contributed by atoms with E-state index in [-0.39, 0.29) is 44.4 Å². The molecule has 1 fully saturated rings. The van der Waals surface area contributed by atoms with E-state index in [2.05, 4.69) is 76.6 Å². The van der Waals surface area contributed by atoms with Gasteiger partial charge in [-0.05, 0) is 91.9 Å². The van der Waals surface area contributed by atoms with Gasteiger partial charge in [-0.1, -0.05) is 54.6 Å². The lowest BCUT2D eigenvalue weighted by Gasteiger charge is -2.24. The highest BCUT2D eigenvalue weighted by molar-refractivity contribution is 7.80. The first-order valence-corrected chi connectivity index (χ1v) is 29.9. The summed E-state index contributed by atoms with van der Waals surface area (Å²) < 4.78 is 62.7. The first-order chi connectivity index (χ1) is 41.1. The number of methoxy groups -OCH3 is 1. The Kier molecular flexibility index (Phi) is 35.4. The minimum Gasteiger partial charge on any atom is -0.491 e. The smallest absolute Gasteiger partial charge is 0.335 e. The number of aromatic nitrogens is 4. The molecule has 2 aromatic carbocycles. The number of fused-ring (bicyclic) bond motifs is 1. The van der Waals surface area contributed by atoms with Crippen molar-refractivity contribution < 1.29 is 76.1 Å². The average Bonchev–Trinajstić information content (AvgIpc) is 4.25. The maximum atomic E-state index is 12.5. The second-order valence-corrected chi connectivity index (χ2v) is 20.2. The van der Waals surface area contributed by atoms with Gasteiger partial charge in [0, 0.05) is 37.5 Å². The number of nitrogens with one attached hydrogen (secondary N) is 1. The zero-order valence-corrected chi connectivity index (χ0v) is 50.3. The number of hydrogen-bond donors (Lipinski definition) is 2. The van der Waals surface area contributed by atoms with Crippen LogP contribution in [-0.4, -0.2) is 212 Å². The number of benzene rings is 2. The second kappa shape index (κ2) is 43.1. The van der Waals surface area contributed by atoms with Gasteiger partial charge in [-0.15, -0.1) is 10.2 Å². The largest absolute Gasteiger partial charge is 0.491 e. The molecule has 23 nitrogen and oxygen atoms in total. The maximum Gasteiger partial charge on any atom is 0.335 e. The number of anilines is 1. The molecule has 1 unspecified atom stereocenters.